The maximum absolute atomic E-state index is 9.13. The van der Waals surface area contributed by atoms with Crippen LogP contribution >= 0.6 is 0 Å². The van der Waals surface area contributed by atoms with Gasteiger partial charge >= 0.3 is 0 Å². The molecule has 3 heteroatoms. The molecule has 3 nitrogen and oxygen atoms in total. The number of nitriles is 1. The Morgan fingerprint density at radius 1 is 1.05 bits per heavy atom. The highest BCUT2D eigenvalue weighted by atomic mass is 15.3. The van der Waals surface area contributed by atoms with E-state index in [2.05, 4.69) is 42.4 Å². The molecule has 0 radical (unpaired) electrons. The van der Waals surface area contributed by atoms with E-state index < -0.39 is 0 Å². The van der Waals surface area contributed by atoms with Crippen LogP contribution in [0.5, 0.6) is 0 Å². The monoisotopic (exact) mass is 273 g/mol. The van der Waals surface area contributed by atoms with E-state index in [4.69, 9.17) is 5.26 Å². The standard InChI is InChI=1S/C18H15N3/c1-2-14-8-10-15(11-9-14)18-12-16(13-19)20-21(18)17-6-4-3-5-7-17/h3-12H,2H2,1H3. The van der Waals surface area contributed by atoms with Crippen LogP contribution in [-0.4, -0.2) is 9.78 Å². The van der Waals surface area contributed by atoms with Gasteiger partial charge in [0.2, 0.25) is 0 Å². The molecule has 0 saturated heterocycles. The van der Waals surface area contributed by atoms with Gasteiger partial charge in [0.05, 0.1) is 11.4 Å². The zero-order valence-corrected chi connectivity index (χ0v) is 11.8. The normalized spacial score (nSPS) is 10.3. The Hall–Kier alpha value is -2.86. The minimum Gasteiger partial charge on any atom is -0.232 e. The predicted octanol–water partition coefficient (Wildman–Crippen LogP) is 3.97. The number of nitrogens with zero attached hydrogens (tertiary/aromatic N) is 3. The first-order chi connectivity index (χ1) is 10.3. The fourth-order valence-corrected chi connectivity index (χ4v) is 2.32. The van der Waals surface area contributed by atoms with Gasteiger partial charge < -0.3 is 0 Å². The fraction of sp³-hybridized carbons (Fsp3) is 0.111. The van der Waals surface area contributed by atoms with Crippen molar-refractivity contribution in [2.75, 3.05) is 0 Å². The van der Waals surface area contributed by atoms with Crippen molar-refractivity contribution in [3.05, 3.63) is 71.9 Å². The summed E-state index contributed by atoms with van der Waals surface area (Å²) >= 11 is 0. The van der Waals surface area contributed by atoms with Gasteiger partial charge in [-0.2, -0.15) is 10.4 Å². The van der Waals surface area contributed by atoms with Gasteiger partial charge in [0.25, 0.3) is 0 Å². The molecule has 1 heterocycles. The van der Waals surface area contributed by atoms with Crippen LogP contribution < -0.4 is 0 Å². The van der Waals surface area contributed by atoms with E-state index in [9.17, 15) is 0 Å². The quantitative estimate of drug-likeness (QED) is 0.724. The molecule has 0 spiro atoms. The van der Waals surface area contributed by atoms with Crippen LogP contribution in [0.15, 0.2) is 60.7 Å². The summed E-state index contributed by atoms with van der Waals surface area (Å²) in [4.78, 5) is 0. The smallest absolute Gasteiger partial charge is 0.163 e. The van der Waals surface area contributed by atoms with Crippen LogP contribution in [-0.2, 0) is 6.42 Å². The second kappa shape index (κ2) is 5.64. The lowest BCUT2D eigenvalue weighted by Gasteiger charge is -2.08. The van der Waals surface area contributed by atoms with E-state index in [0.29, 0.717) is 5.69 Å². The molecule has 102 valence electrons. The third-order valence-electron chi connectivity index (χ3n) is 3.48. The molecule has 0 saturated carbocycles. The molecule has 3 aromatic rings. The van der Waals surface area contributed by atoms with E-state index in [1.807, 2.05) is 41.1 Å². The molecule has 1 aromatic heterocycles. The van der Waals surface area contributed by atoms with Crippen LogP contribution in [0.2, 0.25) is 0 Å². The SMILES string of the molecule is CCc1ccc(-c2cc(C#N)nn2-c2ccccc2)cc1. The first-order valence-electron chi connectivity index (χ1n) is 6.96. The summed E-state index contributed by atoms with van der Waals surface area (Å²) in [6, 6.07) is 22.2. The summed E-state index contributed by atoms with van der Waals surface area (Å²) in [6.45, 7) is 2.14. The van der Waals surface area contributed by atoms with Gasteiger partial charge in [0.1, 0.15) is 6.07 Å². The Bertz CT molecular complexity index is 778. The van der Waals surface area contributed by atoms with E-state index in [1.165, 1.54) is 5.56 Å². The lowest BCUT2D eigenvalue weighted by molar-refractivity contribution is 0.880. The highest BCUT2D eigenvalue weighted by Crippen LogP contribution is 2.24. The molecule has 21 heavy (non-hydrogen) atoms. The van der Waals surface area contributed by atoms with Crippen LogP contribution in [0.1, 0.15) is 18.2 Å². The summed E-state index contributed by atoms with van der Waals surface area (Å²) in [5.74, 6) is 0. The summed E-state index contributed by atoms with van der Waals surface area (Å²) in [6.07, 6.45) is 1.02. The largest absolute Gasteiger partial charge is 0.232 e. The van der Waals surface area contributed by atoms with Crippen molar-refractivity contribution in [2.45, 2.75) is 13.3 Å². The lowest BCUT2D eigenvalue weighted by Crippen LogP contribution is -1.99. The molecular formula is C18H15N3. The van der Waals surface area contributed by atoms with Crippen LogP contribution in [0.25, 0.3) is 16.9 Å². The number of aromatic nitrogens is 2. The molecular weight excluding hydrogens is 258 g/mol. The van der Waals surface area contributed by atoms with Gasteiger partial charge in [-0.1, -0.05) is 49.4 Å². The van der Waals surface area contributed by atoms with Crippen molar-refractivity contribution in [2.24, 2.45) is 0 Å². The zero-order chi connectivity index (χ0) is 14.7. The Morgan fingerprint density at radius 3 is 2.38 bits per heavy atom. The van der Waals surface area contributed by atoms with Crippen molar-refractivity contribution in [1.29, 1.82) is 5.26 Å². The Labute approximate surface area is 124 Å². The van der Waals surface area contributed by atoms with Crippen molar-refractivity contribution < 1.29 is 0 Å². The minimum atomic E-state index is 0.424. The van der Waals surface area contributed by atoms with Crippen molar-refractivity contribution >= 4 is 0 Å². The summed E-state index contributed by atoms with van der Waals surface area (Å²) in [5.41, 5.74) is 4.66. The molecule has 0 aliphatic heterocycles. The number of hydrogen-bond donors (Lipinski definition) is 0. The average molecular weight is 273 g/mol. The second-order valence-corrected chi connectivity index (χ2v) is 4.82. The van der Waals surface area contributed by atoms with Gasteiger partial charge in [-0.05, 0) is 24.1 Å². The number of benzene rings is 2. The first kappa shape index (κ1) is 13.1. The number of aryl methyl sites for hydroxylation is 1. The second-order valence-electron chi connectivity index (χ2n) is 4.82. The number of rotatable bonds is 3. The van der Waals surface area contributed by atoms with E-state index >= 15 is 0 Å². The highest BCUT2D eigenvalue weighted by Gasteiger charge is 2.11. The molecule has 0 amide bonds. The van der Waals surface area contributed by atoms with Crippen LogP contribution in [0.3, 0.4) is 0 Å². The Morgan fingerprint density at radius 2 is 1.76 bits per heavy atom. The number of para-hydroxylation sites is 1. The lowest BCUT2D eigenvalue weighted by atomic mass is 10.1. The topological polar surface area (TPSA) is 41.6 Å². The maximum Gasteiger partial charge on any atom is 0.163 e. The molecule has 2 aromatic carbocycles. The van der Waals surface area contributed by atoms with E-state index in [1.54, 1.807) is 0 Å². The van der Waals surface area contributed by atoms with Crippen LogP contribution in [0, 0.1) is 11.3 Å². The molecule has 0 N–H and O–H groups in total. The summed E-state index contributed by atoms with van der Waals surface area (Å²) < 4.78 is 1.82. The molecule has 0 atom stereocenters. The van der Waals surface area contributed by atoms with E-state index in [-0.39, 0.29) is 0 Å². The van der Waals surface area contributed by atoms with Crippen molar-refractivity contribution in [1.82, 2.24) is 9.78 Å². The third-order valence-corrected chi connectivity index (χ3v) is 3.48. The highest BCUT2D eigenvalue weighted by molar-refractivity contribution is 5.64. The van der Waals surface area contributed by atoms with Gasteiger partial charge in [0.15, 0.2) is 5.69 Å². The fourth-order valence-electron chi connectivity index (χ4n) is 2.32. The molecule has 0 bridgehead atoms. The van der Waals surface area contributed by atoms with Gasteiger partial charge in [-0.3, -0.25) is 0 Å². The Balaban J connectivity index is 2.13. The first-order valence-corrected chi connectivity index (χ1v) is 6.96. The van der Waals surface area contributed by atoms with Crippen molar-refractivity contribution in [3.8, 4) is 23.0 Å². The van der Waals surface area contributed by atoms with Crippen molar-refractivity contribution in [3.63, 3.8) is 0 Å². The Kier molecular flexibility index (Phi) is 3.53. The van der Waals surface area contributed by atoms with Gasteiger partial charge in [0, 0.05) is 11.6 Å². The average Bonchev–Trinajstić information content (AvgIpc) is 3.00. The predicted molar refractivity (Wildman–Crippen MR) is 83.1 cm³/mol. The van der Waals surface area contributed by atoms with E-state index in [0.717, 1.165) is 23.4 Å². The van der Waals surface area contributed by atoms with Crippen LogP contribution in [0.4, 0.5) is 0 Å². The van der Waals surface area contributed by atoms with Gasteiger partial charge in [-0.25, -0.2) is 4.68 Å². The molecule has 0 aliphatic carbocycles. The molecule has 0 unspecified atom stereocenters. The minimum absolute atomic E-state index is 0.424. The molecule has 0 fully saturated rings. The van der Waals surface area contributed by atoms with Gasteiger partial charge in [-0.15, -0.1) is 0 Å². The summed E-state index contributed by atoms with van der Waals surface area (Å²) in [5, 5.41) is 13.5. The summed E-state index contributed by atoms with van der Waals surface area (Å²) in [7, 11) is 0. The zero-order valence-electron chi connectivity index (χ0n) is 11.8. The molecule has 3 rings (SSSR count). The molecule has 0 aliphatic rings. The third kappa shape index (κ3) is 2.56. The number of hydrogen-bond acceptors (Lipinski definition) is 2. The maximum atomic E-state index is 9.13.